The zero-order valence-corrected chi connectivity index (χ0v) is 15.6. The molecule has 0 fully saturated rings. The van der Waals surface area contributed by atoms with Gasteiger partial charge >= 0.3 is 6.18 Å². The van der Waals surface area contributed by atoms with Crippen LogP contribution in [0.2, 0.25) is 0 Å². The van der Waals surface area contributed by atoms with Crippen molar-refractivity contribution in [3.8, 4) is 0 Å². The summed E-state index contributed by atoms with van der Waals surface area (Å²) in [4.78, 5) is 18.8. The minimum Gasteiger partial charge on any atom is -0.325 e. The van der Waals surface area contributed by atoms with Gasteiger partial charge in [0.1, 0.15) is 5.01 Å². The third kappa shape index (κ3) is 4.64. The highest BCUT2D eigenvalue weighted by Crippen LogP contribution is 2.30. The molecule has 0 bridgehead atoms. The molecule has 0 aliphatic heterocycles. The Kier molecular flexibility index (Phi) is 5.48. The molecule has 2 aromatic carbocycles. The summed E-state index contributed by atoms with van der Waals surface area (Å²) < 4.78 is 38.9. The maximum Gasteiger partial charge on any atom is 0.416 e. The average molecular weight is 393 g/mol. The van der Waals surface area contributed by atoms with Crippen molar-refractivity contribution in [1.29, 1.82) is 0 Å². The van der Waals surface area contributed by atoms with Gasteiger partial charge in [0.25, 0.3) is 0 Å². The van der Waals surface area contributed by atoms with E-state index < -0.39 is 17.8 Å². The minimum atomic E-state index is -4.40. The number of alkyl halides is 3. The number of anilines is 1. The number of benzene rings is 2. The number of carbonyl (C=O) groups is 1. The first-order valence-corrected chi connectivity index (χ1v) is 9.08. The Morgan fingerprint density at radius 1 is 1.19 bits per heavy atom. The van der Waals surface area contributed by atoms with Gasteiger partial charge in [-0.3, -0.25) is 9.69 Å². The second kappa shape index (κ2) is 7.66. The smallest absolute Gasteiger partial charge is 0.325 e. The second-order valence-electron chi connectivity index (χ2n) is 6.23. The number of amides is 1. The number of hydrogen-bond acceptors (Lipinski definition) is 4. The van der Waals surface area contributed by atoms with Gasteiger partial charge in [0.15, 0.2) is 0 Å². The first-order valence-electron chi connectivity index (χ1n) is 8.27. The lowest BCUT2D eigenvalue weighted by atomic mass is 10.2. The van der Waals surface area contributed by atoms with Crippen LogP contribution in [0.15, 0.2) is 48.5 Å². The molecular formula is C19H18F3N3OS. The molecule has 142 valence electrons. The molecule has 1 heterocycles. The van der Waals surface area contributed by atoms with Crippen molar-refractivity contribution in [2.45, 2.75) is 25.7 Å². The quantitative estimate of drug-likeness (QED) is 0.679. The fraction of sp³-hybridized carbons (Fsp3) is 0.263. The average Bonchev–Trinajstić information content (AvgIpc) is 3.02. The molecule has 8 heteroatoms. The van der Waals surface area contributed by atoms with E-state index in [1.54, 1.807) is 18.3 Å². The van der Waals surface area contributed by atoms with Gasteiger partial charge in [-0.2, -0.15) is 13.2 Å². The number of halogens is 3. The molecule has 27 heavy (non-hydrogen) atoms. The van der Waals surface area contributed by atoms with Crippen LogP contribution >= 0.6 is 11.3 Å². The van der Waals surface area contributed by atoms with Crippen molar-refractivity contribution in [3.05, 3.63) is 59.1 Å². The summed E-state index contributed by atoms with van der Waals surface area (Å²) in [5.41, 5.74) is 0.502. The summed E-state index contributed by atoms with van der Waals surface area (Å²) in [6.07, 6.45) is -4.40. The van der Waals surface area contributed by atoms with E-state index in [4.69, 9.17) is 0 Å². The minimum absolute atomic E-state index is 0.293. The first kappa shape index (κ1) is 19.3. The molecule has 1 N–H and O–H groups in total. The fourth-order valence-corrected chi connectivity index (χ4v) is 3.56. The van der Waals surface area contributed by atoms with Crippen LogP contribution in [0, 0.1) is 0 Å². The summed E-state index contributed by atoms with van der Waals surface area (Å²) in [6, 6.07) is 11.7. The molecule has 0 spiro atoms. The third-order valence-electron chi connectivity index (χ3n) is 4.24. The largest absolute Gasteiger partial charge is 0.416 e. The summed E-state index contributed by atoms with van der Waals surface area (Å²) in [6.45, 7) is 2.24. The van der Waals surface area contributed by atoms with Gasteiger partial charge in [-0.1, -0.05) is 12.1 Å². The van der Waals surface area contributed by atoms with Crippen molar-refractivity contribution in [2.75, 3.05) is 12.4 Å². The molecule has 3 rings (SSSR count). The molecule has 0 radical (unpaired) electrons. The molecule has 1 atom stereocenters. The number of thiazole rings is 1. The fourth-order valence-electron chi connectivity index (χ4n) is 2.53. The number of carbonyl (C=O) groups excluding carboxylic acids is 1. The number of nitrogens with one attached hydrogen (secondary N) is 1. The Bertz CT molecular complexity index is 904. The van der Waals surface area contributed by atoms with Crippen molar-refractivity contribution in [1.82, 2.24) is 9.88 Å². The topological polar surface area (TPSA) is 45.2 Å². The Hall–Kier alpha value is -2.45. The van der Waals surface area contributed by atoms with Crippen LogP contribution in [0.5, 0.6) is 0 Å². The first-order chi connectivity index (χ1) is 12.7. The van der Waals surface area contributed by atoms with Crippen LogP contribution < -0.4 is 5.32 Å². The van der Waals surface area contributed by atoms with Crippen LogP contribution in [-0.4, -0.2) is 28.9 Å². The molecule has 0 unspecified atom stereocenters. The van der Waals surface area contributed by atoms with Crippen molar-refractivity contribution < 1.29 is 18.0 Å². The zero-order chi connectivity index (χ0) is 19.6. The third-order valence-corrected chi connectivity index (χ3v) is 5.26. The Labute approximate surface area is 158 Å². The van der Waals surface area contributed by atoms with Crippen LogP contribution in [0.1, 0.15) is 17.5 Å². The van der Waals surface area contributed by atoms with E-state index in [2.05, 4.69) is 10.3 Å². The lowest BCUT2D eigenvalue weighted by molar-refractivity contribution is -0.137. The van der Waals surface area contributed by atoms with Gasteiger partial charge in [0, 0.05) is 5.69 Å². The van der Waals surface area contributed by atoms with Gasteiger partial charge in [-0.05, 0) is 50.4 Å². The number of fused-ring (bicyclic) bond motifs is 1. The van der Waals surface area contributed by atoms with Crippen molar-refractivity contribution in [2.24, 2.45) is 0 Å². The van der Waals surface area contributed by atoms with Crippen molar-refractivity contribution >= 4 is 33.1 Å². The van der Waals surface area contributed by atoms with Crippen LogP contribution in [0.4, 0.5) is 18.9 Å². The Morgan fingerprint density at radius 2 is 1.85 bits per heavy atom. The van der Waals surface area contributed by atoms with E-state index in [1.165, 1.54) is 12.1 Å². The molecule has 1 amide bonds. The zero-order valence-electron chi connectivity index (χ0n) is 14.7. The summed E-state index contributed by atoms with van der Waals surface area (Å²) in [7, 11) is 1.81. The number of hydrogen-bond donors (Lipinski definition) is 1. The predicted molar refractivity (Wildman–Crippen MR) is 101 cm³/mol. The summed E-state index contributed by atoms with van der Waals surface area (Å²) in [5, 5.41) is 3.54. The number of rotatable bonds is 5. The van der Waals surface area contributed by atoms with Crippen LogP contribution in [0.25, 0.3) is 10.2 Å². The van der Waals surface area contributed by atoms with Crippen LogP contribution in [0.3, 0.4) is 0 Å². The number of para-hydroxylation sites is 1. The van der Waals surface area contributed by atoms with E-state index in [0.29, 0.717) is 12.2 Å². The van der Waals surface area contributed by atoms with E-state index in [0.717, 1.165) is 27.4 Å². The van der Waals surface area contributed by atoms with Crippen molar-refractivity contribution in [3.63, 3.8) is 0 Å². The van der Waals surface area contributed by atoms with E-state index >= 15 is 0 Å². The normalized spacial score (nSPS) is 13.1. The molecule has 0 saturated carbocycles. The molecule has 1 aromatic heterocycles. The standard InChI is InChI=1S/C19H18F3N3OS/c1-12(18(26)23-14-9-7-13(8-10-14)19(20,21)22)25(2)11-17-24-15-5-3-4-6-16(15)27-17/h3-10,12H,11H2,1-2H3,(H,23,26)/t12-/m1/s1. The lowest BCUT2D eigenvalue weighted by Gasteiger charge is -2.23. The number of aromatic nitrogens is 1. The van der Waals surface area contributed by atoms with Gasteiger partial charge in [0.2, 0.25) is 5.91 Å². The molecule has 0 aliphatic rings. The molecular weight excluding hydrogens is 375 g/mol. The van der Waals surface area contributed by atoms with Gasteiger partial charge in [-0.25, -0.2) is 4.98 Å². The Balaban J connectivity index is 1.62. The van der Waals surface area contributed by atoms with Gasteiger partial charge in [-0.15, -0.1) is 11.3 Å². The highest BCUT2D eigenvalue weighted by Gasteiger charge is 2.30. The van der Waals surface area contributed by atoms with Gasteiger partial charge < -0.3 is 5.32 Å². The SMILES string of the molecule is C[C@H](C(=O)Nc1ccc(C(F)(F)F)cc1)N(C)Cc1nc2ccccc2s1. The molecule has 3 aromatic rings. The second-order valence-corrected chi connectivity index (χ2v) is 7.35. The van der Waals surface area contributed by atoms with E-state index in [1.807, 2.05) is 36.2 Å². The van der Waals surface area contributed by atoms with Gasteiger partial charge in [0.05, 0.1) is 28.4 Å². The maximum atomic E-state index is 12.6. The van der Waals surface area contributed by atoms with E-state index in [9.17, 15) is 18.0 Å². The highest BCUT2D eigenvalue weighted by atomic mass is 32.1. The monoisotopic (exact) mass is 393 g/mol. The lowest BCUT2D eigenvalue weighted by Crippen LogP contribution is -2.39. The van der Waals surface area contributed by atoms with Crippen LogP contribution in [-0.2, 0) is 17.5 Å². The highest BCUT2D eigenvalue weighted by molar-refractivity contribution is 7.18. The molecule has 0 saturated heterocycles. The Morgan fingerprint density at radius 3 is 2.48 bits per heavy atom. The van der Waals surface area contributed by atoms with E-state index in [-0.39, 0.29) is 5.91 Å². The number of likely N-dealkylation sites (N-methyl/N-ethyl adjacent to an activating group) is 1. The maximum absolute atomic E-state index is 12.6. The summed E-state index contributed by atoms with van der Waals surface area (Å²) >= 11 is 1.57. The number of nitrogens with zero attached hydrogens (tertiary/aromatic N) is 2. The predicted octanol–water partition coefficient (Wildman–Crippen LogP) is 4.77. The molecule has 4 nitrogen and oxygen atoms in total. The summed E-state index contributed by atoms with van der Waals surface area (Å²) in [5.74, 6) is -0.293. The molecule has 0 aliphatic carbocycles.